The quantitative estimate of drug-likeness (QED) is 0.832. The van der Waals surface area contributed by atoms with Crippen molar-refractivity contribution in [3.8, 4) is 0 Å². The fourth-order valence-corrected chi connectivity index (χ4v) is 2.74. The van der Waals surface area contributed by atoms with Crippen molar-refractivity contribution < 1.29 is 19.4 Å². The minimum Gasteiger partial charge on any atom is -0.481 e. The Morgan fingerprint density at radius 3 is 2.18 bits per heavy atom. The van der Waals surface area contributed by atoms with Crippen LogP contribution in [0.5, 0.6) is 0 Å². The second kappa shape index (κ2) is 6.86. The molecule has 0 unspecified atom stereocenters. The van der Waals surface area contributed by atoms with Gasteiger partial charge in [0, 0.05) is 18.6 Å². The summed E-state index contributed by atoms with van der Waals surface area (Å²) in [4.78, 5) is 25.7. The topological polar surface area (TPSA) is 92.9 Å². The van der Waals surface area contributed by atoms with Crippen LogP contribution in [0.4, 0.5) is 4.79 Å². The maximum atomic E-state index is 12.4. The first-order valence-corrected chi connectivity index (χ1v) is 7.95. The minimum atomic E-state index is -0.920. The molecule has 1 aliphatic carbocycles. The van der Waals surface area contributed by atoms with Crippen molar-refractivity contribution in [2.24, 2.45) is 11.1 Å². The highest BCUT2D eigenvalue weighted by Gasteiger charge is 2.44. The Labute approximate surface area is 133 Å². The molecule has 128 valence electrons. The van der Waals surface area contributed by atoms with E-state index >= 15 is 0 Å². The van der Waals surface area contributed by atoms with Crippen LogP contribution < -0.4 is 5.73 Å². The summed E-state index contributed by atoms with van der Waals surface area (Å²) in [5.74, 6) is -0.853. The van der Waals surface area contributed by atoms with Gasteiger partial charge in [-0.3, -0.25) is 4.79 Å². The van der Waals surface area contributed by atoms with Gasteiger partial charge in [0.2, 0.25) is 0 Å². The molecule has 1 aliphatic rings. The van der Waals surface area contributed by atoms with Crippen LogP contribution in [0.25, 0.3) is 0 Å². The zero-order chi connectivity index (χ0) is 17.1. The molecular weight excluding hydrogens is 284 g/mol. The third-order valence-corrected chi connectivity index (χ3v) is 4.17. The molecule has 1 fully saturated rings. The Balaban J connectivity index is 2.92. The highest BCUT2D eigenvalue weighted by molar-refractivity contribution is 5.77. The number of hydrogen-bond donors (Lipinski definition) is 2. The summed E-state index contributed by atoms with van der Waals surface area (Å²) in [5, 5.41) is 9.70. The lowest BCUT2D eigenvalue weighted by molar-refractivity contribution is -0.152. The van der Waals surface area contributed by atoms with Crippen LogP contribution in [0.2, 0.25) is 0 Å². The Kier molecular flexibility index (Phi) is 5.84. The van der Waals surface area contributed by atoms with Crippen molar-refractivity contribution in [1.82, 2.24) is 4.90 Å². The maximum absolute atomic E-state index is 12.4. The second-order valence-corrected chi connectivity index (χ2v) is 7.62. The molecule has 0 heterocycles. The number of aliphatic carboxylic acids is 1. The van der Waals surface area contributed by atoms with E-state index in [0.717, 1.165) is 0 Å². The van der Waals surface area contributed by atoms with Crippen molar-refractivity contribution in [3.63, 3.8) is 0 Å². The van der Waals surface area contributed by atoms with Gasteiger partial charge in [-0.25, -0.2) is 4.79 Å². The average molecular weight is 314 g/mol. The van der Waals surface area contributed by atoms with Gasteiger partial charge >= 0.3 is 12.1 Å². The zero-order valence-corrected chi connectivity index (χ0v) is 14.4. The third kappa shape index (κ3) is 4.87. The van der Waals surface area contributed by atoms with Gasteiger partial charge in [-0.05, 0) is 60.3 Å². The number of hydrogen-bond acceptors (Lipinski definition) is 4. The van der Waals surface area contributed by atoms with Gasteiger partial charge < -0.3 is 20.5 Å². The largest absolute Gasteiger partial charge is 0.481 e. The Morgan fingerprint density at radius 1 is 1.32 bits per heavy atom. The monoisotopic (exact) mass is 314 g/mol. The maximum Gasteiger partial charge on any atom is 0.410 e. The first-order chi connectivity index (χ1) is 9.97. The highest BCUT2D eigenvalue weighted by atomic mass is 16.6. The van der Waals surface area contributed by atoms with E-state index in [2.05, 4.69) is 0 Å². The smallest absolute Gasteiger partial charge is 0.410 e. The van der Waals surface area contributed by atoms with Gasteiger partial charge in [0.25, 0.3) is 0 Å². The SMILES string of the molecule is CC(C)N(CC1(C(=O)O)CCC(N)CC1)C(=O)OC(C)(C)C. The molecule has 0 aliphatic heterocycles. The van der Waals surface area contributed by atoms with Crippen LogP contribution in [0, 0.1) is 5.41 Å². The summed E-state index contributed by atoms with van der Waals surface area (Å²) in [6, 6.07) is -0.0665. The van der Waals surface area contributed by atoms with E-state index in [0.29, 0.717) is 25.7 Å². The summed E-state index contributed by atoms with van der Waals surface area (Å²) >= 11 is 0. The second-order valence-electron chi connectivity index (χ2n) is 7.62. The van der Waals surface area contributed by atoms with Crippen LogP contribution in [-0.2, 0) is 9.53 Å². The Bertz CT molecular complexity index is 407. The average Bonchev–Trinajstić information content (AvgIpc) is 2.35. The molecule has 6 nitrogen and oxygen atoms in total. The summed E-state index contributed by atoms with van der Waals surface area (Å²) in [5.41, 5.74) is 4.37. The summed E-state index contributed by atoms with van der Waals surface area (Å²) in [7, 11) is 0. The number of amides is 1. The van der Waals surface area contributed by atoms with Crippen molar-refractivity contribution in [3.05, 3.63) is 0 Å². The molecule has 0 saturated heterocycles. The number of carbonyl (C=O) groups is 2. The number of carbonyl (C=O) groups excluding carboxylic acids is 1. The van der Waals surface area contributed by atoms with Crippen LogP contribution >= 0.6 is 0 Å². The molecule has 0 aromatic carbocycles. The van der Waals surface area contributed by atoms with Crippen molar-refractivity contribution in [2.75, 3.05) is 6.54 Å². The molecule has 1 saturated carbocycles. The lowest BCUT2D eigenvalue weighted by Crippen LogP contribution is -2.51. The summed E-state index contributed by atoms with van der Waals surface area (Å²) < 4.78 is 5.42. The van der Waals surface area contributed by atoms with Crippen molar-refractivity contribution in [1.29, 1.82) is 0 Å². The fourth-order valence-electron chi connectivity index (χ4n) is 2.74. The number of nitrogens with zero attached hydrogens (tertiary/aromatic N) is 1. The standard InChI is InChI=1S/C16H30N2O4/c1-11(2)18(14(21)22-15(3,4)5)10-16(13(19)20)8-6-12(17)7-9-16/h11-12H,6-10,17H2,1-5H3,(H,19,20). The van der Waals surface area contributed by atoms with Gasteiger partial charge in [0.15, 0.2) is 0 Å². The van der Waals surface area contributed by atoms with E-state index in [-0.39, 0.29) is 18.6 Å². The highest BCUT2D eigenvalue weighted by Crippen LogP contribution is 2.37. The molecule has 0 atom stereocenters. The van der Waals surface area contributed by atoms with E-state index in [1.807, 2.05) is 13.8 Å². The van der Waals surface area contributed by atoms with Crippen LogP contribution in [0.15, 0.2) is 0 Å². The molecule has 3 N–H and O–H groups in total. The lowest BCUT2D eigenvalue weighted by atomic mass is 9.72. The number of carboxylic acid groups (broad SMARTS) is 1. The molecule has 1 rings (SSSR count). The van der Waals surface area contributed by atoms with E-state index in [1.54, 1.807) is 20.8 Å². The molecule has 0 bridgehead atoms. The van der Waals surface area contributed by atoms with Crippen LogP contribution in [-0.4, -0.2) is 46.3 Å². The van der Waals surface area contributed by atoms with E-state index in [9.17, 15) is 14.7 Å². The zero-order valence-electron chi connectivity index (χ0n) is 14.4. The van der Waals surface area contributed by atoms with Gasteiger partial charge in [-0.2, -0.15) is 0 Å². The van der Waals surface area contributed by atoms with Crippen molar-refractivity contribution in [2.45, 2.75) is 78.0 Å². The van der Waals surface area contributed by atoms with E-state index < -0.39 is 23.1 Å². The van der Waals surface area contributed by atoms with E-state index in [4.69, 9.17) is 10.5 Å². The first kappa shape index (κ1) is 18.7. The fraction of sp³-hybridized carbons (Fsp3) is 0.875. The van der Waals surface area contributed by atoms with E-state index in [1.165, 1.54) is 4.90 Å². The molecule has 0 aromatic rings. The number of ether oxygens (including phenoxy) is 1. The molecular formula is C16H30N2O4. The Morgan fingerprint density at radius 2 is 1.82 bits per heavy atom. The molecule has 0 spiro atoms. The number of carboxylic acids is 1. The summed E-state index contributed by atoms with van der Waals surface area (Å²) in [6.07, 6.45) is 1.88. The summed E-state index contributed by atoms with van der Waals surface area (Å²) in [6.45, 7) is 9.31. The number of rotatable bonds is 4. The van der Waals surface area contributed by atoms with Gasteiger partial charge in [-0.1, -0.05) is 0 Å². The van der Waals surface area contributed by atoms with Gasteiger partial charge in [0.05, 0.1) is 5.41 Å². The minimum absolute atomic E-state index is 0.0569. The lowest BCUT2D eigenvalue weighted by Gasteiger charge is -2.41. The predicted octanol–water partition coefficient (Wildman–Crippen LogP) is 2.60. The van der Waals surface area contributed by atoms with Gasteiger partial charge in [-0.15, -0.1) is 0 Å². The molecule has 0 aromatic heterocycles. The van der Waals surface area contributed by atoms with Gasteiger partial charge in [0.1, 0.15) is 5.60 Å². The predicted molar refractivity (Wildman–Crippen MR) is 84.6 cm³/mol. The molecule has 0 radical (unpaired) electrons. The normalized spacial score (nSPS) is 25.9. The van der Waals surface area contributed by atoms with Crippen molar-refractivity contribution >= 4 is 12.1 Å². The molecule has 1 amide bonds. The molecule has 6 heteroatoms. The first-order valence-electron chi connectivity index (χ1n) is 7.95. The number of nitrogens with two attached hydrogens (primary N) is 1. The molecule has 22 heavy (non-hydrogen) atoms. The van der Waals surface area contributed by atoms with Crippen LogP contribution in [0.3, 0.4) is 0 Å². The van der Waals surface area contributed by atoms with Crippen LogP contribution in [0.1, 0.15) is 60.3 Å². The third-order valence-electron chi connectivity index (χ3n) is 4.17. The Hall–Kier alpha value is -1.30.